The summed E-state index contributed by atoms with van der Waals surface area (Å²) in [5.74, 6) is 0.750. The number of ether oxygens (including phenoxy) is 1. The van der Waals surface area contributed by atoms with Gasteiger partial charge in [-0.05, 0) is 24.6 Å². The van der Waals surface area contributed by atoms with Gasteiger partial charge in [0.25, 0.3) is 0 Å². The van der Waals surface area contributed by atoms with Crippen LogP contribution in [-0.4, -0.2) is 14.9 Å². The van der Waals surface area contributed by atoms with Crippen molar-refractivity contribution in [2.45, 2.75) is 38.5 Å². The van der Waals surface area contributed by atoms with Gasteiger partial charge < -0.3 is 9.84 Å². The second-order valence-electron chi connectivity index (χ2n) is 5.08. The van der Waals surface area contributed by atoms with Crippen LogP contribution in [0.1, 0.15) is 43.1 Å². The van der Waals surface area contributed by atoms with E-state index < -0.39 is 6.10 Å². The van der Waals surface area contributed by atoms with Crippen molar-refractivity contribution in [3.8, 4) is 5.75 Å². The summed E-state index contributed by atoms with van der Waals surface area (Å²) in [6, 6.07) is 5.73. The maximum absolute atomic E-state index is 10.3. The number of hydrogen-bond acceptors (Lipinski definition) is 3. The van der Waals surface area contributed by atoms with Crippen LogP contribution in [0, 0.1) is 0 Å². The van der Waals surface area contributed by atoms with E-state index in [-0.39, 0.29) is 6.10 Å². The Bertz CT molecular complexity index is 612. The normalized spacial score (nSPS) is 21.4. The smallest absolute Gasteiger partial charge is 0.130 e. The van der Waals surface area contributed by atoms with Crippen LogP contribution in [-0.2, 0) is 6.54 Å². The van der Waals surface area contributed by atoms with Crippen LogP contribution in [0.5, 0.6) is 5.75 Å². The number of halogens is 1. The molecule has 1 unspecified atom stereocenters. The van der Waals surface area contributed by atoms with Gasteiger partial charge in [-0.2, -0.15) is 5.10 Å². The summed E-state index contributed by atoms with van der Waals surface area (Å²) in [6.45, 7) is 3.02. The van der Waals surface area contributed by atoms with E-state index in [0.717, 1.165) is 34.3 Å². The first-order chi connectivity index (χ1) is 9.67. The third-order valence-corrected chi connectivity index (χ3v) is 4.01. The molecule has 0 saturated carbocycles. The van der Waals surface area contributed by atoms with Gasteiger partial charge in [0.05, 0.1) is 12.3 Å². The van der Waals surface area contributed by atoms with E-state index in [1.807, 2.05) is 35.3 Å². The number of fused-ring (bicyclic) bond motifs is 1. The van der Waals surface area contributed by atoms with E-state index in [2.05, 4.69) is 28.0 Å². The molecule has 1 N–H and O–H groups in total. The standard InChI is InChI=1S/C15H17BrN2O2/c1-2-5-18-9-10(8-17-18)15-7-13(19)12-6-11(16)3-4-14(12)20-15/h3-4,6,8-9,13,15,19H,2,5,7H2,1H3/t13-,15?/m0/s1. The molecule has 0 fully saturated rings. The monoisotopic (exact) mass is 336 g/mol. The highest BCUT2D eigenvalue weighted by molar-refractivity contribution is 9.10. The number of aryl methyl sites for hydroxylation is 1. The van der Waals surface area contributed by atoms with E-state index in [1.165, 1.54) is 0 Å². The summed E-state index contributed by atoms with van der Waals surface area (Å²) in [5, 5.41) is 14.6. The molecule has 1 aromatic heterocycles. The van der Waals surface area contributed by atoms with Crippen LogP contribution >= 0.6 is 15.9 Å². The number of benzene rings is 1. The molecule has 0 radical (unpaired) electrons. The fraction of sp³-hybridized carbons (Fsp3) is 0.400. The van der Waals surface area contributed by atoms with Crippen LogP contribution in [0.2, 0.25) is 0 Å². The van der Waals surface area contributed by atoms with Crippen molar-refractivity contribution in [2.24, 2.45) is 0 Å². The van der Waals surface area contributed by atoms with Gasteiger partial charge in [0.2, 0.25) is 0 Å². The second kappa shape index (κ2) is 5.58. The molecule has 1 aliphatic rings. The Kier molecular flexibility index (Phi) is 3.81. The van der Waals surface area contributed by atoms with Gasteiger partial charge in [0.15, 0.2) is 0 Å². The van der Waals surface area contributed by atoms with Crippen molar-refractivity contribution in [1.82, 2.24) is 9.78 Å². The molecule has 0 aliphatic carbocycles. The lowest BCUT2D eigenvalue weighted by atomic mass is 9.96. The Morgan fingerprint density at radius 2 is 2.35 bits per heavy atom. The number of aromatic nitrogens is 2. The Balaban J connectivity index is 1.85. The van der Waals surface area contributed by atoms with E-state index in [9.17, 15) is 5.11 Å². The minimum absolute atomic E-state index is 0.135. The van der Waals surface area contributed by atoms with Gasteiger partial charge in [-0.25, -0.2) is 0 Å². The summed E-state index contributed by atoms with van der Waals surface area (Å²) in [4.78, 5) is 0. The predicted molar refractivity (Wildman–Crippen MR) is 79.6 cm³/mol. The zero-order valence-electron chi connectivity index (χ0n) is 11.3. The molecule has 3 rings (SSSR count). The lowest BCUT2D eigenvalue weighted by Crippen LogP contribution is -2.18. The minimum atomic E-state index is -0.504. The van der Waals surface area contributed by atoms with E-state index in [0.29, 0.717) is 6.42 Å². The zero-order chi connectivity index (χ0) is 14.1. The number of hydrogen-bond donors (Lipinski definition) is 1. The number of aliphatic hydroxyl groups is 1. The van der Waals surface area contributed by atoms with Crippen molar-refractivity contribution >= 4 is 15.9 Å². The molecule has 0 bridgehead atoms. The van der Waals surface area contributed by atoms with Gasteiger partial charge >= 0.3 is 0 Å². The van der Waals surface area contributed by atoms with Crippen LogP contribution in [0.3, 0.4) is 0 Å². The summed E-state index contributed by atoms with van der Waals surface area (Å²) in [6.07, 6.45) is 4.80. The van der Waals surface area contributed by atoms with Gasteiger partial charge in [-0.15, -0.1) is 0 Å². The predicted octanol–water partition coefficient (Wildman–Crippen LogP) is 3.61. The molecule has 0 spiro atoms. The molecule has 106 valence electrons. The van der Waals surface area contributed by atoms with Gasteiger partial charge in [-0.1, -0.05) is 22.9 Å². The Hall–Kier alpha value is -1.33. The SMILES string of the molecule is CCCn1cc(C2C[C@H](O)c3cc(Br)ccc3O2)cn1. The highest BCUT2D eigenvalue weighted by atomic mass is 79.9. The Labute approximate surface area is 126 Å². The minimum Gasteiger partial charge on any atom is -0.485 e. The average Bonchev–Trinajstić information content (AvgIpc) is 2.88. The first kappa shape index (κ1) is 13.6. The Morgan fingerprint density at radius 3 is 3.15 bits per heavy atom. The maximum Gasteiger partial charge on any atom is 0.130 e. The van der Waals surface area contributed by atoms with Crippen LogP contribution < -0.4 is 4.74 Å². The van der Waals surface area contributed by atoms with Crippen molar-refractivity contribution < 1.29 is 9.84 Å². The first-order valence-electron chi connectivity index (χ1n) is 6.84. The highest BCUT2D eigenvalue weighted by Gasteiger charge is 2.28. The van der Waals surface area contributed by atoms with E-state index >= 15 is 0 Å². The second-order valence-corrected chi connectivity index (χ2v) is 5.99. The zero-order valence-corrected chi connectivity index (χ0v) is 12.9. The number of rotatable bonds is 3. The number of nitrogens with zero attached hydrogens (tertiary/aromatic N) is 2. The molecule has 2 heterocycles. The van der Waals surface area contributed by atoms with Crippen molar-refractivity contribution in [2.75, 3.05) is 0 Å². The van der Waals surface area contributed by atoms with Crippen LogP contribution in [0.15, 0.2) is 35.1 Å². The maximum atomic E-state index is 10.3. The third-order valence-electron chi connectivity index (χ3n) is 3.52. The summed E-state index contributed by atoms with van der Waals surface area (Å²) < 4.78 is 8.87. The topological polar surface area (TPSA) is 47.3 Å². The lowest BCUT2D eigenvalue weighted by molar-refractivity contribution is 0.0656. The molecular formula is C15H17BrN2O2. The van der Waals surface area contributed by atoms with Gasteiger partial charge in [-0.3, -0.25) is 4.68 Å². The first-order valence-corrected chi connectivity index (χ1v) is 7.63. The Morgan fingerprint density at radius 1 is 1.50 bits per heavy atom. The average molecular weight is 337 g/mol. The third kappa shape index (κ3) is 2.60. The molecule has 0 saturated heterocycles. The van der Waals surface area contributed by atoms with Gasteiger partial charge in [0.1, 0.15) is 11.9 Å². The van der Waals surface area contributed by atoms with Crippen molar-refractivity contribution in [3.63, 3.8) is 0 Å². The largest absolute Gasteiger partial charge is 0.485 e. The van der Waals surface area contributed by atoms with E-state index in [1.54, 1.807) is 0 Å². The van der Waals surface area contributed by atoms with E-state index in [4.69, 9.17) is 4.74 Å². The molecule has 2 atom stereocenters. The van der Waals surface area contributed by atoms with Crippen LogP contribution in [0.25, 0.3) is 0 Å². The molecule has 5 heteroatoms. The van der Waals surface area contributed by atoms with Crippen LogP contribution in [0.4, 0.5) is 0 Å². The summed E-state index contributed by atoms with van der Waals surface area (Å²) in [7, 11) is 0. The summed E-state index contributed by atoms with van der Waals surface area (Å²) in [5.41, 5.74) is 1.86. The molecular weight excluding hydrogens is 320 g/mol. The molecule has 20 heavy (non-hydrogen) atoms. The molecule has 4 nitrogen and oxygen atoms in total. The fourth-order valence-corrected chi connectivity index (χ4v) is 2.90. The molecule has 2 aromatic rings. The van der Waals surface area contributed by atoms with Crippen molar-refractivity contribution in [3.05, 3.63) is 46.2 Å². The number of aliphatic hydroxyl groups excluding tert-OH is 1. The molecule has 1 aliphatic heterocycles. The van der Waals surface area contributed by atoms with Gasteiger partial charge in [0, 0.05) is 34.8 Å². The molecule has 0 amide bonds. The summed E-state index contributed by atoms with van der Waals surface area (Å²) >= 11 is 3.42. The van der Waals surface area contributed by atoms with Crippen molar-refractivity contribution in [1.29, 1.82) is 0 Å². The lowest BCUT2D eigenvalue weighted by Gasteiger charge is -2.29. The highest BCUT2D eigenvalue weighted by Crippen LogP contribution is 2.41. The fourth-order valence-electron chi connectivity index (χ4n) is 2.52. The molecule has 1 aromatic carbocycles. The quantitative estimate of drug-likeness (QED) is 0.931.